The van der Waals surface area contributed by atoms with Crippen molar-refractivity contribution in [3.63, 3.8) is 0 Å². The second kappa shape index (κ2) is 8.38. The number of hydrogen-bond donors (Lipinski definition) is 1. The summed E-state index contributed by atoms with van der Waals surface area (Å²) in [6.07, 6.45) is 3.64. The zero-order valence-corrected chi connectivity index (χ0v) is 19.2. The second-order valence-electron chi connectivity index (χ2n) is 7.88. The van der Waals surface area contributed by atoms with E-state index in [1.54, 1.807) is 16.2 Å². The van der Waals surface area contributed by atoms with E-state index in [2.05, 4.69) is 25.9 Å². The summed E-state index contributed by atoms with van der Waals surface area (Å²) in [6.45, 7) is 3.13. The van der Waals surface area contributed by atoms with Crippen molar-refractivity contribution in [3.8, 4) is 0 Å². The van der Waals surface area contributed by atoms with Gasteiger partial charge in [-0.2, -0.15) is 5.01 Å². The molecule has 8 nitrogen and oxygen atoms in total. The number of nitrogens with zero attached hydrogens (tertiary/aromatic N) is 5. The first-order valence-corrected chi connectivity index (χ1v) is 11.5. The van der Waals surface area contributed by atoms with Crippen molar-refractivity contribution in [2.45, 2.75) is 32.2 Å². The Bertz CT molecular complexity index is 1200. The molecule has 2 aromatic carbocycles. The number of urea groups is 1. The molecule has 32 heavy (non-hydrogen) atoms. The van der Waals surface area contributed by atoms with E-state index >= 15 is 0 Å². The molecule has 2 saturated heterocycles. The molecule has 0 bridgehead atoms. The maximum Gasteiger partial charge on any atom is 0.350 e. The molecule has 2 aliphatic rings. The Morgan fingerprint density at radius 1 is 1.19 bits per heavy atom. The lowest BCUT2D eigenvalue weighted by Crippen LogP contribution is -2.48. The SMILES string of the molecule is CCCN=C1C(c2ccc(Br)cc2)N(c2ccc3nc[nH]c3c2)C(=O)N1N1CCCC1=O. The van der Waals surface area contributed by atoms with Crippen molar-refractivity contribution in [1.29, 1.82) is 0 Å². The van der Waals surface area contributed by atoms with Crippen LogP contribution in [0.5, 0.6) is 0 Å². The van der Waals surface area contributed by atoms with Gasteiger partial charge in [-0.25, -0.2) is 14.8 Å². The summed E-state index contributed by atoms with van der Waals surface area (Å²) in [5.74, 6) is 0.530. The molecule has 5 rings (SSSR count). The Morgan fingerprint density at radius 3 is 2.72 bits per heavy atom. The summed E-state index contributed by atoms with van der Waals surface area (Å²) in [5, 5.41) is 3.05. The minimum absolute atomic E-state index is 0.0528. The van der Waals surface area contributed by atoms with Gasteiger partial charge in [0.15, 0.2) is 5.84 Å². The van der Waals surface area contributed by atoms with Gasteiger partial charge in [0.2, 0.25) is 5.91 Å². The highest BCUT2D eigenvalue weighted by atomic mass is 79.9. The normalized spacial score (nSPS) is 20.4. The van der Waals surface area contributed by atoms with Crippen LogP contribution in [0.4, 0.5) is 10.5 Å². The van der Waals surface area contributed by atoms with Crippen molar-refractivity contribution in [2.24, 2.45) is 4.99 Å². The number of rotatable bonds is 5. The van der Waals surface area contributed by atoms with Gasteiger partial charge in [-0.3, -0.25) is 14.7 Å². The average Bonchev–Trinajstić information content (AvgIpc) is 3.49. The van der Waals surface area contributed by atoms with Crippen molar-refractivity contribution >= 4 is 50.4 Å². The number of carbonyl (C=O) groups excluding carboxylic acids is 2. The third-order valence-corrected chi connectivity index (χ3v) is 6.29. The summed E-state index contributed by atoms with van der Waals surface area (Å²) >= 11 is 3.49. The van der Waals surface area contributed by atoms with Gasteiger partial charge in [-0.05, 0) is 48.7 Å². The van der Waals surface area contributed by atoms with Crippen LogP contribution in [0, 0.1) is 0 Å². The fourth-order valence-electron chi connectivity index (χ4n) is 4.27. The van der Waals surface area contributed by atoms with Crippen LogP contribution >= 0.6 is 15.9 Å². The average molecular weight is 495 g/mol. The molecule has 0 saturated carbocycles. The van der Waals surface area contributed by atoms with E-state index < -0.39 is 6.04 Å². The molecular formula is C23H23BrN6O2. The van der Waals surface area contributed by atoms with E-state index in [1.807, 2.05) is 49.4 Å². The molecule has 2 fully saturated rings. The van der Waals surface area contributed by atoms with E-state index in [4.69, 9.17) is 4.99 Å². The molecule has 3 aromatic rings. The number of hydrazine groups is 1. The number of aromatic nitrogens is 2. The molecule has 1 aromatic heterocycles. The van der Waals surface area contributed by atoms with Crippen molar-refractivity contribution < 1.29 is 9.59 Å². The van der Waals surface area contributed by atoms with Crippen LogP contribution < -0.4 is 4.90 Å². The molecular weight excluding hydrogens is 472 g/mol. The van der Waals surface area contributed by atoms with Crippen LogP contribution in [0.15, 0.2) is 58.3 Å². The highest BCUT2D eigenvalue weighted by Crippen LogP contribution is 2.39. The number of nitrogens with one attached hydrogen (secondary N) is 1. The Morgan fingerprint density at radius 2 is 2.00 bits per heavy atom. The number of imidazole rings is 1. The number of carbonyl (C=O) groups is 2. The number of anilines is 1. The van der Waals surface area contributed by atoms with Crippen molar-refractivity contribution in [1.82, 2.24) is 20.0 Å². The highest BCUT2D eigenvalue weighted by molar-refractivity contribution is 9.10. The molecule has 9 heteroatoms. The third kappa shape index (κ3) is 3.46. The Kier molecular flexibility index (Phi) is 5.42. The van der Waals surface area contributed by atoms with Gasteiger partial charge in [0.05, 0.1) is 17.4 Å². The lowest BCUT2D eigenvalue weighted by molar-refractivity contribution is -0.134. The minimum atomic E-state index is -0.448. The summed E-state index contributed by atoms with van der Waals surface area (Å²) in [6, 6.07) is 12.9. The predicted molar refractivity (Wildman–Crippen MR) is 126 cm³/mol. The number of aromatic amines is 1. The first-order chi connectivity index (χ1) is 15.6. The zero-order chi connectivity index (χ0) is 22.2. The Labute approximate surface area is 194 Å². The van der Waals surface area contributed by atoms with E-state index in [-0.39, 0.29) is 11.9 Å². The van der Waals surface area contributed by atoms with E-state index in [1.165, 1.54) is 5.01 Å². The number of hydrogen-bond acceptors (Lipinski definition) is 4. The van der Waals surface area contributed by atoms with Crippen LogP contribution in [0.1, 0.15) is 37.8 Å². The third-order valence-electron chi connectivity index (χ3n) is 5.76. The molecule has 3 amide bonds. The van der Waals surface area contributed by atoms with Gasteiger partial charge in [-0.1, -0.05) is 35.0 Å². The quantitative estimate of drug-likeness (QED) is 0.559. The molecule has 3 heterocycles. The van der Waals surface area contributed by atoms with E-state index in [9.17, 15) is 9.59 Å². The van der Waals surface area contributed by atoms with Crippen molar-refractivity contribution in [2.75, 3.05) is 18.0 Å². The molecule has 1 N–H and O–H groups in total. The molecule has 0 radical (unpaired) electrons. The fourth-order valence-corrected chi connectivity index (χ4v) is 4.53. The molecule has 164 valence electrons. The summed E-state index contributed by atoms with van der Waals surface area (Å²) in [7, 11) is 0. The smallest absolute Gasteiger partial charge is 0.345 e. The standard InChI is InChI=1S/C23H23BrN6O2/c1-2-11-25-22-21(15-5-7-16(24)8-6-15)29(17-9-10-18-19(13-17)27-14-26-18)23(32)30(22)28-12-3-4-20(28)31/h5-10,13-14,21H,2-4,11-12H2,1H3,(H,26,27). The van der Waals surface area contributed by atoms with Gasteiger partial charge in [0.1, 0.15) is 6.04 Å². The first kappa shape index (κ1) is 20.7. The predicted octanol–water partition coefficient (Wildman–Crippen LogP) is 4.65. The molecule has 0 aliphatic carbocycles. The number of aliphatic imine (C=N–C) groups is 1. The second-order valence-corrected chi connectivity index (χ2v) is 8.80. The van der Waals surface area contributed by atoms with Crippen LogP contribution in [0.3, 0.4) is 0 Å². The maximum atomic E-state index is 13.9. The van der Waals surface area contributed by atoms with Gasteiger partial charge >= 0.3 is 6.03 Å². The van der Waals surface area contributed by atoms with Gasteiger partial charge in [-0.15, -0.1) is 0 Å². The fraction of sp³-hybridized carbons (Fsp3) is 0.304. The lowest BCUT2D eigenvalue weighted by Gasteiger charge is -2.27. The van der Waals surface area contributed by atoms with Crippen molar-refractivity contribution in [3.05, 3.63) is 58.8 Å². The monoisotopic (exact) mass is 494 g/mol. The lowest BCUT2D eigenvalue weighted by atomic mass is 10.0. The number of benzene rings is 2. The molecule has 1 atom stereocenters. The number of amidine groups is 1. The zero-order valence-electron chi connectivity index (χ0n) is 17.7. The number of amides is 3. The van der Waals surface area contributed by atoms with Crippen LogP contribution in [-0.4, -0.2) is 50.8 Å². The number of H-pyrrole nitrogens is 1. The maximum absolute atomic E-state index is 13.9. The number of halogens is 1. The summed E-state index contributed by atoms with van der Waals surface area (Å²) in [4.78, 5) is 40.5. The number of fused-ring (bicyclic) bond motifs is 1. The van der Waals surface area contributed by atoms with Gasteiger partial charge in [0.25, 0.3) is 0 Å². The summed E-state index contributed by atoms with van der Waals surface area (Å²) < 4.78 is 0.953. The van der Waals surface area contributed by atoms with E-state index in [0.29, 0.717) is 25.3 Å². The van der Waals surface area contributed by atoms with Crippen LogP contribution in [0.25, 0.3) is 11.0 Å². The van der Waals surface area contributed by atoms with Crippen LogP contribution in [-0.2, 0) is 4.79 Å². The topological polar surface area (TPSA) is 84.9 Å². The largest absolute Gasteiger partial charge is 0.350 e. The highest BCUT2D eigenvalue weighted by Gasteiger charge is 2.49. The Hall–Kier alpha value is -3.20. The molecule has 2 aliphatic heterocycles. The van der Waals surface area contributed by atoms with E-state index in [0.717, 1.165) is 39.6 Å². The minimum Gasteiger partial charge on any atom is -0.345 e. The summed E-state index contributed by atoms with van der Waals surface area (Å²) in [5.41, 5.74) is 3.31. The van der Waals surface area contributed by atoms with Gasteiger partial charge in [0, 0.05) is 29.7 Å². The molecule has 0 spiro atoms. The van der Waals surface area contributed by atoms with Gasteiger partial charge < -0.3 is 4.98 Å². The first-order valence-electron chi connectivity index (χ1n) is 10.7. The molecule has 1 unspecified atom stereocenters. The Balaban J connectivity index is 1.68. The van der Waals surface area contributed by atoms with Crippen LogP contribution in [0.2, 0.25) is 0 Å².